The molecular formula is C28H32N4O5. The minimum Gasteiger partial charge on any atom is -0.496 e. The summed E-state index contributed by atoms with van der Waals surface area (Å²) in [6, 6.07) is 12.3. The Kier molecular flexibility index (Phi) is 8.03. The standard InChI is InChI=1S/C28H32N4O5/c1-18-15-32(19(2)17-33)28(35)23-12-21(22-9-5-6-10-24(22)36-4)14-30-26(23)37-25(18)16-31(3)27(34)20-8-7-11-29-13-20/h5-14,18-19,25,33H,15-17H2,1-4H3/t18-,19+,25-/m0/s1. The van der Waals surface area contributed by atoms with Crippen LogP contribution in [0.3, 0.4) is 0 Å². The second kappa shape index (κ2) is 11.4. The molecule has 9 nitrogen and oxygen atoms in total. The lowest BCUT2D eigenvalue weighted by molar-refractivity contribution is 0.0313. The molecule has 0 bridgehead atoms. The lowest BCUT2D eigenvalue weighted by Crippen LogP contribution is -2.50. The number of pyridine rings is 2. The van der Waals surface area contributed by atoms with Gasteiger partial charge in [-0.15, -0.1) is 0 Å². The van der Waals surface area contributed by atoms with E-state index in [1.807, 2.05) is 31.2 Å². The van der Waals surface area contributed by atoms with Crippen molar-refractivity contribution in [3.63, 3.8) is 0 Å². The second-order valence-corrected chi connectivity index (χ2v) is 9.33. The van der Waals surface area contributed by atoms with Crippen LogP contribution in [0.5, 0.6) is 11.6 Å². The third kappa shape index (κ3) is 5.56. The number of para-hydroxylation sites is 1. The Hall–Kier alpha value is -3.98. The molecule has 2 amide bonds. The monoisotopic (exact) mass is 504 g/mol. The molecule has 1 N–H and O–H groups in total. The number of aromatic nitrogens is 2. The molecule has 0 radical (unpaired) electrons. The number of benzene rings is 1. The van der Waals surface area contributed by atoms with Gasteiger partial charge in [-0.1, -0.05) is 25.1 Å². The van der Waals surface area contributed by atoms with E-state index in [1.54, 1.807) is 61.5 Å². The Balaban J connectivity index is 1.71. The Morgan fingerprint density at radius 3 is 2.73 bits per heavy atom. The number of carbonyl (C=O) groups is 2. The largest absolute Gasteiger partial charge is 0.496 e. The molecule has 0 unspecified atom stereocenters. The van der Waals surface area contributed by atoms with E-state index in [1.165, 1.54) is 6.20 Å². The van der Waals surface area contributed by atoms with Crippen LogP contribution in [0.25, 0.3) is 11.1 Å². The summed E-state index contributed by atoms with van der Waals surface area (Å²) in [5, 5.41) is 9.90. The van der Waals surface area contributed by atoms with E-state index in [-0.39, 0.29) is 36.8 Å². The number of methoxy groups -OCH3 is 1. The van der Waals surface area contributed by atoms with E-state index in [0.717, 1.165) is 5.56 Å². The minimum atomic E-state index is -0.449. The second-order valence-electron chi connectivity index (χ2n) is 9.33. The van der Waals surface area contributed by atoms with Crippen LogP contribution in [-0.2, 0) is 0 Å². The van der Waals surface area contributed by atoms with Crippen molar-refractivity contribution in [1.29, 1.82) is 0 Å². The first-order chi connectivity index (χ1) is 17.8. The lowest BCUT2D eigenvalue weighted by Gasteiger charge is -2.37. The van der Waals surface area contributed by atoms with E-state index in [4.69, 9.17) is 9.47 Å². The van der Waals surface area contributed by atoms with E-state index >= 15 is 0 Å². The van der Waals surface area contributed by atoms with Crippen LogP contribution in [-0.4, -0.2) is 82.7 Å². The highest BCUT2D eigenvalue weighted by Gasteiger charge is 2.35. The third-order valence-electron chi connectivity index (χ3n) is 6.65. The molecule has 0 spiro atoms. The molecule has 1 aliphatic rings. The van der Waals surface area contributed by atoms with Crippen molar-refractivity contribution < 1.29 is 24.2 Å². The van der Waals surface area contributed by atoms with Crippen LogP contribution in [0.4, 0.5) is 0 Å². The lowest BCUT2D eigenvalue weighted by atomic mass is 9.99. The number of hydrogen-bond acceptors (Lipinski definition) is 7. The molecule has 0 fully saturated rings. The zero-order valence-corrected chi connectivity index (χ0v) is 21.5. The molecule has 0 saturated heterocycles. The zero-order valence-electron chi connectivity index (χ0n) is 21.5. The number of hydrogen-bond donors (Lipinski definition) is 1. The van der Waals surface area contributed by atoms with Crippen LogP contribution < -0.4 is 9.47 Å². The topological polar surface area (TPSA) is 105 Å². The molecule has 0 saturated carbocycles. The fourth-order valence-corrected chi connectivity index (χ4v) is 4.41. The highest BCUT2D eigenvalue weighted by molar-refractivity contribution is 5.98. The number of fused-ring (bicyclic) bond motifs is 1. The first-order valence-electron chi connectivity index (χ1n) is 12.2. The smallest absolute Gasteiger partial charge is 0.259 e. The van der Waals surface area contributed by atoms with Crippen molar-refractivity contribution in [1.82, 2.24) is 19.8 Å². The van der Waals surface area contributed by atoms with Gasteiger partial charge in [0.2, 0.25) is 5.88 Å². The number of aliphatic hydroxyl groups excluding tert-OH is 1. The number of likely N-dealkylation sites (N-methyl/N-ethyl adjacent to an activating group) is 1. The predicted octanol–water partition coefficient (Wildman–Crippen LogP) is 3.14. The van der Waals surface area contributed by atoms with Crippen LogP contribution in [0.1, 0.15) is 34.6 Å². The molecule has 1 aliphatic heterocycles. The van der Waals surface area contributed by atoms with Gasteiger partial charge in [0, 0.05) is 49.2 Å². The summed E-state index contributed by atoms with van der Waals surface area (Å²) >= 11 is 0. The number of aliphatic hydroxyl groups is 1. The summed E-state index contributed by atoms with van der Waals surface area (Å²) in [6.07, 6.45) is 4.35. The Morgan fingerprint density at radius 1 is 1.24 bits per heavy atom. The van der Waals surface area contributed by atoms with Crippen molar-refractivity contribution in [2.24, 2.45) is 5.92 Å². The van der Waals surface area contributed by atoms with Gasteiger partial charge in [-0.25, -0.2) is 4.98 Å². The van der Waals surface area contributed by atoms with Gasteiger partial charge in [0.25, 0.3) is 11.8 Å². The van der Waals surface area contributed by atoms with Crippen LogP contribution in [0.2, 0.25) is 0 Å². The average Bonchev–Trinajstić information content (AvgIpc) is 2.94. The molecule has 9 heteroatoms. The highest BCUT2D eigenvalue weighted by Crippen LogP contribution is 2.34. The van der Waals surface area contributed by atoms with Gasteiger partial charge in [0.15, 0.2) is 0 Å². The van der Waals surface area contributed by atoms with Crippen molar-refractivity contribution in [2.75, 3.05) is 33.9 Å². The fraction of sp³-hybridized carbons (Fsp3) is 0.357. The summed E-state index contributed by atoms with van der Waals surface area (Å²) in [7, 11) is 3.30. The molecule has 3 heterocycles. The number of carbonyl (C=O) groups excluding carboxylic acids is 2. The zero-order chi connectivity index (χ0) is 26.5. The number of amides is 2. The van der Waals surface area contributed by atoms with E-state index in [2.05, 4.69) is 9.97 Å². The van der Waals surface area contributed by atoms with Crippen molar-refractivity contribution in [3.05, 3.63) is 72.2 Å². The van der Waals surface area contributed by atoms with Gasteiger partial charge < -0.3 is 24.4 Å². The maximum Gasteiger partial charge on any atom is 0.259 e. The normalized spacial score (nSPS) is 18.2. The minimum absolute atomic E-state index is 0.147. The quantitative estimate of drug-likeness (QED) is 0.527. The summed E-state index contributed by atoms with van der Waals surface area (Å²) in [6.45, 7) is 4.21. The maximum atomic E-state index is 13.7. The van der Waals surface area contributed by atoms with E-state index < -0.39 is 12.1 Å². The van der Waals surface area contributed by atoms with Crippen molar-refractivity contribution >= 4 is 11.8 Å². The molecule has 4 rings (SSSR count). The fourth-order valence-electron chi connectivity index (χ4n) is 4.41. The summed E-state index contributed by atoms with van der Waals surface area (Å²) in [4.78, 5) is 38.5. The molecule has 3 aromatic rings. The first kappa shape index (κ1) is 26.1. The molecule has 3 atom stereocenters. The van der Waals surface area contributed by atoms with Gasteiger partial charge in [-0.2, -0.15) is 0 Å². The number of rotatable bonds is 7. The van der Waals surface area contributed by atoms with Crippen molar-refractivity contribution in [3.8, 4) is 22.8 Å². The predicted molar refractivity (Wildman–Crippen MR) is 139 cm³/mol. The summed E-state index contributed by atoms with van der Waals surface area (Å²) < 4.78 is 11.8. The summed E-state index contributed by atoms with van der Waals surface area (Å²) in [5.74, 6) is 0.253. The van der Waals surface area contributed by atoms with Gasteiger partial charge >= 0.3 is 0 Å². The number of ether oxygens (including phenoxy) is 2. The van der Waals surface area contributed by atoms with Crippen LogP contribution in [0, 0.1) is 5.92 Å². The Bertz CT molecular complexity index is 1250. The maximum absolute atomic E-state index is 13.7. The van der Waals surface area contributed by atoms with E-state index in [0.29, 0.717) is 29.0 Å². The third-order valence-corrected chi connectivity index (χ3v) is 6.65. The Morgan fingerprint density at radius 2 is 2.03 bits per heavy atom. The average molecular weight is 505 g/mol. The summed E-state index contributed by atoms with van der Waals surface area (Å²) in [5.41, 5.74) is 2.28. The molecule has 0 aliphatic carbocycles. The molecule has 37 heavy (non-hydrogen) atoms. The highest BCUT2D eigenvalue weighted by atomic mass is 16.5. The van der Waals surface area contributed by atoms with Crippen LogP contribution in [0.15, 0.2) is 61.1 Å². The molecule has 2 aromatic heterocycles. The molecule has 194 valence electrons. The Labute approximate surface area is 216 Å². The van der Waals surface area contributed by atoms with Crippen LogP contribution >= 0.6 is 0 Å². The van der Waals surface area contributed by atoms with Gasteiger partial charge in [-0.3, -0.25) is 14.6 Å². The van der Waals surface area contributed by atoms with Crippen molar-refractivity contribution in [2.45, 2.75) is 26.0 Å². The SMILES string of the molecule is COc1ccccc1-c1cnc2c(c1)C(=O)N([C@H](C)CO)C[C@H](C)[C@H](CN(C)C(=O)c1cccnc1)O2. The van der Waals surface area contributed by atoms with Gasteiger partial charge in [-0.05, 0) is 31.2 Å². The molecule has 1 aromatic carbocycles. The first-order valence-corrected chi connectivity index (χ1v) is 12.2. The van der Waals surface area contributed by atoms with Gasteiger partial charge in [0.1, 0.15) is 17.4 Å². The molecular weight excluding hydrogens is 472 g/mol. The van der Waals surface area contributed by atoms with Gasteiger partial charge in [0.05, 0.1) is 31.9 Å². The van der Waals surface area contributed by atoms with E-state index in [9.17, 15) is 14.7 Å². The number of nitrogens with zero attached hydrogens (tertiary/aromatic N) is 4.